The molecule has 94 valence electrons. The lowest BCUT2D eigenvalue weighted by Gasteiger charge is -2.20. The van der Waals surface area contributed by atoms with Crippen LogP contribution in [0.1, 0.15) is 30.4 Å². The number of aliphatic carboxylic acids is 1. The van der Waals surface area contributed by atoms with E-state index in [1.54, 1.807) is 0 Å². The van der Waals surface area contributed by atoms with Gasteiger partial charge in [0, 0.05) is 19.5 Å². The van der Waals surface area contributed by atoms with E-state index >= 15 is 0 Å². The second-order valence-corrected chi connectivity index (χ2v) is 4.71. The van der Waals surface area contributed by atoms with E-state index in [-0.39, 0.29) is 0 Å². The van der Waals surface area contributed by atoms with Crippen molar-refractivity contribution in [2.75, 3.05) is 20.6 Å². The number of aromatic nitrogens is 3. The quantitative estimate of drug-likeness (QED) is 0.819. The Kier molecular flexibility index (Phi) is 3.42. The van der Waals surface area contributed by atoms with Gasteiger partial charge < -0.3 is 14.6 Å². The van der Waals surface area contributed by atoms with Gasteiger partial charge in [0.1, 0.15) is 17.6 Å². The Morgan fingerprint density at radius 3 is 2.94 bits per heavy atom. The van der Waals surface area contributed by atoms with Crippen molar-refractivity contribution in [2.24, 2.45) is 0 Å². The molecule has 1 unspecified atom stereocenters. The van der Waals surface area contributed by atoms with Gasteiger partial charge in [-0.1, -0.05) is 0 Å². The van der Waals surface area contributed by atoms with Gasteiger partial charge in [0.05, 0.1) is 0 Å². The maximum Gasteiger partial charge on any atom is 0.314 e. The molecule has 2 heterocycles. The highest BCUT2D eigenvalue weighted by molar-refractivity contribution is 5.75. The van der Waals surface area contributed by atoms with E-state index in [1.165, 1.54) is 0 Å². The van der Waals surface area contributed by atoms with Crippen LogP contribution in [0, 0.1) is 0 Å². The number of carboxylic acid groups (broad SMARTS) is 1. The zero-order chi connectivity index (χ0) is 12.4. The van der Waals surface area contributed by atoms with E-state index in [9.17, 15) is 4.79 Å². The smallest absolute Gasteiger partial charge is 0.314 e. The van der Waals surface area contributed by atoms with Gasteiger partial charge in [0.25, 0.3) is 0 Å². The molecule has 0 fully saturated rings. The molecule has 6 heteroatoms. The number of nitrogens with zero attached hydrogens (tertiary/aromatic N) is 4. The monoisotopic (exact) mass is 238 g/mol. The summed E-state index contributed by atoms with van der Waals surface area (Å²) in [6, 6.07) is 0. The predicted octanol–water partition coefficient (Wildman–Crippen LogP) is 0.344. The summed E-state index contributed by atoms with van der Waals surface area (Å²) in [5.41, 5.74) is 0. The first-order chi connectivity index (χ1) is 8.09. The molecule has 1 N–H and O–H groups in total. The summed E-state index contributed by atoms with van der Waals surface area (Å²) >= 11 is 0. The highest BCUT2D eigenvalue weighted by atomic mass is 16.4. The first kappa shape index (κ1) is 12.0. The molecule has 1 aliphatic heterocycles. The first-order valence-corrected chi connectivity index (χ1v) is 5.89. The van der Waals surface area contributed by atoms with Crippen LogP contribution in [0.25, 0.3) is 0 Å². The average Bonchev–Trinajstić information content (AvgIpc) is 2.68. The van der Waals surface area contributed by atoms with Crippen LogP contribution in [0.3, 0.4) is 0 Å². The third-order valence-corrected chi connectivity index (χ3v) is 3.12. The third kappa shape index (κ3) is 2.46. The van der Waals surface area contributed by atoms with Crippen LogP contribution in [0.4, 0.5) is 0 Å². The van der Waals surface area contributed by atoms with Gasteiger partial charge in [-0.3, -0.25) is 4.79 Å². The van der Waals surface area contributed by atoms with Gasteiger partial charge in [0.2, 0.25) is 0 Å². The Morgan fingerprint density at radius 2 is 2.29 bits per heavy atom. The van der Waals surface area contributed by atoms with Gasteiger partial charge in [-0.25, -0.2) is 0 Å². The Bertz CT molecular complexity index is 414. The predicted molar refractivity (Wildman–Crippen MR) is 61.9 cm³/mol. The number of rotatable bonds is 4. The van der Waals surface area contributed by atoms with Crippen molar-refractivity contribution in [3.63, 3.8) is 0 Å². The molecule has 2 rings (SSSR count). The number of carbonyl (C=O) groups is 1. The zero-order valence-electron chi connectivity index (χ0n) is 10.3. The highest BCUT2D eigenvalue weighted by Gasteiger charge is 2.30. The molecule has 0 amide bonds. The van der Waals surface area contributed by atoms with Gasteiger partial charge in [-0.2, -0.15) is 0 Å². The number of likely N-dealkylation sites (N-methyl/N-ethyl adjacent to an activating group) is 1. The van der Waals surface area contributed by atoms with E-state index in [1.807, 2.05) is 18.7 Å². The topological polar surface area (TPSA) is 71.2 Å². The standard InChI is InChI=1S/C11H18N4O2/c1-14(2)7-5-9-12-13-10-8(11(16)17)4-3-6-15(9)10/h8H,3-7H2,1-2H3,(H,16,17). The van der Waals surface area contributed by atoms with Crippen molar-refractivity contribution < 1.29 is 9.90 Å². The van der Waals surface area contributed by atoms with Crippen LogP contribution in [0.15, 0.2) is 0 Å². The summed E-state index contributed by atoms with van der Waals surface area (Å²) in [7, 11) is 4.01. The molecule has 1 atom stereocenters. The minimum atomic E-state index is -0.794. The van der Waals surface area contributed by atoms with Gasteiger partial charge in [-0.15, -0.1) is 10.2 Å². The van der Waals surface area contributed by atoms with Crippen molar-refractivity contribution >= 4 is 5.97 Å². The average molecular weight is 238 g/mol. The molecule has 6 nitrogen and oxygen atoms in total. The van der Waals surface area contributed by atoms with Crippen molar-refractivity contribution in [2.45, 2.75) is 31.7 Å². The molecule has 1 aromatic rings. The molecular formula is C11H18N4O2. The summed E-state index contributed by atoms with van der Waals surface area (Å²) in [6.45, 7) is 1.74. The molecule has 0 aliphatic carbocycles. The van der Waals surface area contributed by atoms with Gasteiger partial charge in [0.15, 0.2) is 0 Å². The third-order valence-electron chi connectivity index (χ3n) is 3.12. The SMILES string of the molecule is CN(C)CCc1nnc2n1CCCC2C(=O)O. The van der Waals surface area contributed by atoms with E-state index < -0.39 is 11.9 Å². The van der Waals surface area contributed by atoms with Crippen LogP contribution < -0.4 is 0 Å². The largest absolute Gasteiger partial charge is 0.481 e. The Balaban J connectivity index is 2.19. The minimum absolute atomic E-state index is 0.482. The van der Waals surface area contributed by atoms with Crippen LogP contribution in [-0.2, 0) is 17.8 Å². The van der Waals surface area contributed by atoms with E-state index in [0.29, 0.717) is 12.2 Å². The number of hydrogen-bond acceptors (Lipinski definition) is 4. The van der Waals surface area contributed by atoms with Crippen LogP contribution in [0.2, 0.25) is 0 Å². The Labute approximate surface area is 100 Å². The van der Waals surface area contributed by atoms with Gasteiger partial charge in [-0.05, 0) is 26.9 Å². The number of hydrogen-bond donors (Lipinski definition) is 1. The summed E-state index contributed by atoms with van der Waals surface area (Å²) < 4.78 is 1.98. The van der Waals surface area contributed by atoms with E-state index in [0.717, 1.165) is 31.8 Å². The summed E-state index contributed by atoms with van der Waals surface area (Å²) in [5, 5.41) is 17.3. The fourth-order valence-electron chi connectivity index (χ4n) is 2.18. The molecule has 1 aliphatic rings. The normalized spacial score (nSPS) is 19.4. The second kappa shape index (κ2) is 4.83. The molecule has 0 radical (unpaired) electrons. The molecular weight excluding hydrogens is 220 g/mol. The lowest BCUT2D eigenvalue weighted by molar-refractivity contribution is -0.139. The molecule has 0 spiro atoms. The molecule has 1 aromatic heterocycles. The van der Waals surface area contributed by atoms with E-state index in [2.05, 4.69) is 15.1 Å². The molecule has 0 bridgehead atoms. The van der Waals surface area contributed by atoms with Crippen molar-refractivity contribution in [3.05, 3.63) is 11.6 Å². The molecule has 0 aromatic carbocycles. The Morgan fingerprint density at radius 1 is 1.53 bits per heavy atom. The molecule has 0 saturated carbocycles. The van der Waals surface area contributed by atoms with Crippen LogP contribution >= 0.6 is 0 Å². The lowest BCUT2D eigenvalue weighted by Crippen LogP contribution is -2.24. The minimum Gasteiger partial charge on any atom is -0.481 e. The number of carboxylic acids is 1. The maximum absolute atomic E-state index is 11.1. The zero-order valence-corrected chi connectivity index (χ0v) is 10.3. The van der Waals surface area contributed by atoms with Gasteiger partial charge >= 0.3 is 5.97 Å². The second-order valence-electron chi connectivity index (χ2n) is 4.71. The Hall–Kier alpha value is -1.43. The molecule has 17 heavy (non-hydrogen) atoms. The molecule has 0 saturated heterocycles. The number of fused-ring (bicyclic) bond motifs is 1. The fourth-order valence-corrected chi connectivity index (χ4v) is 2.18. The highest BCUT2D eigenvalue weighted by Crippen LogP contribution is 2.26. The maximum atomic E-state index is 11.1. The summed E-state index contributed by atoms with van der Waals surface area (Å²) in [5.74, 6) is 0.249. The first-order valence-electron chi connectivity index (χ1n) is 5.89. The summed E-state index contributed by atoms with van der Waals surface area (Å²) in [6.07, 6.45) is 2.37. The fraction of sp³-hybridized carbons (Fsp3) is 0.727. The van der Waals surface area contributed by atoms with E-state index in [4.69, 9.17) is 5.11 Å². The van der Waals surface area contributed by atoms with Crippen molar-refractivity contribution in [1.82, 2.24) is 19.7 Å². The summed E-state index contributed by atoms with van der Waals surface area (Å²) in [4.78, 5) is 13.2. The van der Waals surface area contributed by atoms with Crippen molar-refractivity contribution in [3.8, 4) is 0 Å². The van der Waals surface area contributed by atoms with Crippen LogP contribution in [-0.4, -0.2) is 51.4 Å². The van der Waals surface area contributed by atoms with Crippen molar-refractivity contribution in [1.29, 1.82) is 0 Å². The lowest BCUT2D eigenvalue weighted by atomic mass is 9.99. The van der Waals surface area contributed by atoms with Crippen LogP contribution in [0.5, 0.6) is 0 Å².